The molecule has 1 aliphatic rings. The molecule has 1 heterocycles. The van der Waals surface area contributed by atoms with Gasteiger partial charge in [0.25, 0.3) is 0 Å². The lowest BCUT2D eigenvalue weighted by Crippen LogP contribution is -2.42. The minimum Gasteiger partial charge on any atom is -0.378 e. The number of hydrogen-bond donors (Lipinski definition) is 0. The quantitative estimate of drug-likeness (QED) is 0.715. The Morgan fingerprint density at radius 1 is 1.04 bits per heavy atom. The lowest BCUT2D eigenvalue weighted by atomic mass is 9.91. The first kappa shape index (κ1) is 20.9. The normalized spacial score (nSPS) is 20.2. The largest absolute Gasteiger partial charge is 0.378 e. The molecule has 0 unspecified atom stereocenters. The standard InChI is InChI=1S/C22H33NO3/c1-21(2,3)25-12-7-8-18-10-9-17(16-23-18)11-13-24-19-14-20(15-19)26-22(4,5)6/h9-10,16,19-20H,11-15H2,1-6H3. The van der Waals surface area contributed by atoms with E-state index in [1.165, 1.54) is 5.56 Å². The first-order valence-corrected chi connectivity index (χ1v) is 9.48. The summed E-state index contributed by atoms with van der Waals surface area (Å²) in [4.78, 5) is 4.39. The number of hydrogen-bond acceptors (Lipinski definition) is 4. The lowest BCUT2D eigenvalue weighted by molar-refractivity contribution is -0.148. The molecule has 0 atom stereocenters. The molecule has 0 radical (unpaired) electrons. The predicted molar refractivity (Wildman–Crippen MR) is 104 cm³/mol. The van der Waals surface area contributed by atoms with Crippen molar-refractivity contribution >= 4 is 0 Å². The molecule has 0 N–H and O–H groups in total. The summed E-state index contributed by atoms with van der Waals surface area (Å²) < 4.78 is 17.4. The highest BCUT2D eigenvalue weighted by molar-refractivity contribution is 5.29. The summed E-state index contributed by atoms with van der Waals surface area (Å²) >= 11 is 0. The zero-order valence-electron chi connectivity index (χ0n) is 17.1. The van der Waals surface area contributed by atoms with E-state index in [0.717, 1.165) is 31.6 Å². The summed E-state index contributed by atoms with van der Waals surface area (Å²) in [5, 5.41) is 0. The molecule has 0 saturated heterocycles. The Hall–Kier alpha value is -1.41. The Balaban J connectivity index is 1.63. The molecular formula is C22H33NO3. The number of nitrogens with zero attached hydrogens (tertiary/aromatic N) is 1. The van der Waals surface area contributed by atoms with Gasteiger partial charge in [-0.25, -0.2) is 4.98 Å². The van der Waals surface area contributed by atoms with Crippen LogP contribution in [-0.4, -0.2) is 41.6 Å². The lowest BCUT2D eigenvalue weighted by Gasteiger charge is -2.39. The van der Waals surface area contributed by atoms with Crippen LogP contribution in [0.5, 0.6) is 0 Å². The predicted octanol–water partition coefficient (Wildman–Crippen LogP) is 4.15. The van der Waals surface area contributed by atoms with Gasteiger partial charge in [0, 0.05) is 6.20 Å². The second-order valence-corrected chi connectivity index (χ2v) is 8.82. The third kappa shape index (κ3) is 8.31. The molecule has 26 heavy (non-hydrogen) atoms. The van der Waals surface area contributed by atoms with Crippen molar-refractivity contribution in [3.8, 4) is 11.8 Å². The van der Waals surface area contributed by atoms with Crippen LogP contribution in [0.4, 0.5) is 0 Å². The number of ether oxygens (including phenoxy) is 3. The summed E-state index contributed by atoms with van der Waals surface area (Å²) in [6, 6.07) is 4.02. The Labute approximate surface area is 158 Å². The van der Waals surface area contributed by atoms with Crippen LogP contribution in [0.25, 0.3) is 0 Å². The highest BCUT2D eigenvalue weighted by atomic mass is 16.5. The van der Waals surface area contributed by atoms with Crippen molar-refractivity contribution in [2.75, 3.05) is 13.2 Å². The fourth-order valence-corrected chi connectivity index (χ4v) is 2.62. The smallest absolute Gasteiger partial charge is 0.113 e. The molecule has 0 aliphatic heterocycles. The fraction of sp³-hybridized carbons (Fsp3) is 0.682. The maximum Gasteiger partial charge on any atom is 0.113 e. The molecule has 1 aliphatic carbocycles. The van der Waals surface area contributed by atoms with Gasteiger partial charge in [-0.3, -0.25) is 0 Å². The van der Waals surface area contributed by atoms with Crippen molar-refractivity contribution in [2.24, 2.45) is 0 Å². The molecule has 1 aromatic heterocycles. The Bertz CT molecular complexity index is 608. The van der Waals surface area contributed by atoms with Gasteiger partial charge in [0.05, 0.1) is 30.0 Å². The van der Waals surface area contributed by atoms with Gasteiger partial charge in [-0.15, -0.1) is 0 Å². The SMILES string of the molecule is CC(C)(C)OCC#Cc1ccc(CCOC2CC(OC(C)(C)C)C2)cn1. The van der Waals surface area contributed by atoms with Gasteiger partial charge in [-0.1, -0.05) is 12.0 Å². The van der Waals surface area contributed by atoms with E-state index >= 15 is 0 Å². The molecule has 4 nitrogen and oxygen atoms in total. The Morgan fingerprint density at radius 2 is 1.77 bits per heavy atom. The zero-order valence-corrected chi connectivity index (χ0v) is 17.1. The molecule has 1 aromatic rings. The van der Waals surface area contributed by atoms with Crippen LogP contribution >= 0.6 is 0 Å². The topological polar surface area (TPSA) is 40.6 Å². The average molecular weight is 360 g/mol. The zero-order chi connectivity index (χ0) is 19.2. The van der Waals surface area contributed by atoms with Crippen LogP contribution < -0.4 is 0 Å². The van der Waals surface area contributed by atoms with E-state index in [-0.39, 0.29) is 11.2 Å². The minimum absolute atomic E-state index is 0.0647. The van der Waals surface area contributed by atoms with Gasteiger partial charge in [0.2, 0.25) is 0 Å². The fourth-order valence-electron chi connectivity index (χ4n) is 2.62. The average Bonchev–Trinajstić information content (AvgIpc) is 2.48. The summed E-state index contributed by atoms with van der Waals surface area (Å²) in [7, 11) is 0. The van der Waals surface area contributed by atoms with Crippen LogP contribution in [0.15, 0.2) is 18.3 Å². The maximum absolute atomic E-state index is 5.93. The highest BCUT2D eigenvalue weighted by Crippen LogP contribution is 2.29. The molecule has 2 rings (SSSR count). The molecule has 1 saturated carbocycles. The van der Waals surface area contributed by atoms with E-state index in [0.29, 0.717) is 18.8 Å². The van der Waals surface area contributed by atoms with E-state index in [9.17, 15) is 0 Å². The van der Waals surface area contributed by atoms with Crippen molar-refractivity contribution in [3.05, 3.63) is 29.6 Å². The van der Waals surface area contributed by atoms with E-state index in [1.807, 2.05) is 33.0 Å². The van der Waals surface area contributed by atoms with E-state index in [4.69, 9.17) is 14.2 Å². The molecule has 0 amide bonds. The van der Waals surface area contributed by atoms with Crippen LogP contribution in [0.1, 0.15) is 65.6 Å². The Kier molecular flexibility index (Phi) is 7.23. The van der Waals surface area contributed by atoms with Gasteiger partial charge < -0.3 is 14.2 Å². The first-order chi connectivity index (χ1) is 12.1. The first-order valence-electron chi connectivity index (χ1n) is 9.48. The maximum atomic E-state index is 5.93. The van der Waals surface area contributed by atoms with E-state index < -0.39 is 0 Å². The second kappa shape index (κ2) is 8.99. The van der Waals surface area contributed by atoms with Gasteiger partial charge >= 0.3 is 0 Å². The molecular weight excluding hydrogens is 326 g/mol. The molecule has 0 bridgehead atoms. The van der Waals surface area contributed by atoms with Gasteiger partial charge in [0.15, 0.2) is 0 Å². The van der Waals surface area contributed by atoms with Crippen LogP contribution in [0.2, 0.25) is 0 Å². The van der Waals surface area contributed by atoms with Gasteiger partial charge in [-0.05, 0) is 78.4 Å². The van der Waals surface area contributed by atoms with Crippen LogP contribution in [-0.2, 0) is 20.6 Å². The molecule has 144 valence electrons. The van der Waals surface area contributed by atoms with E-state index in [2.05, 4.69) is 43.7 Å². The van der Waals surface area contributed by atoms with Gasteiger partial charge in [-0.2, -0.15) is 0 Å². The van der Waals surface area contributed by atoms with Crippen molar-refractivity contribution in [2.45, 2.75) is 84.2 Å². The summed E-state index contributed by atoms with van der Waals surface area (Å²) in [6.45, 7) is 13.5. The summed E-state index contributed by atoms with van der Waals surface area (Å²) in [6.07, 6.45) is 5.44. The minimum atomic E-state index is -0.161. The van der Waals surface area contributed by atoms with Crippen molar-refractivity contribution < 1.29 is 14.2 Å². The van der Waals surface area contributed by atoms with Crippen molar-refractivity contribution in [1.29, 1.82) is 0 Å². The molecule has 0 spiro atoms. The number of rotatable bonds is 6. The van der Waals surface area contributed by atoms with Gasteiger partial charge in [0.1, 0.15) is 12.3 Å². The van der Waals surface area contributed by atoms with E-state index in [1.54, 1.807) is 0 Å². The number of pyridine rings is 1. The van der Waals surface area contributed by atoms with Crippen LogP contribution in [0.3, 0.4) is 0 Å². The Morgan fingerprint density at radius 3 is 2.35 bits per heavy atom. The highest BCUT2D eigenvalue weighted by Gasteiger charge is 2.33. The third-order valence-electron chi connectivity index (χ3n) is 3.93. The number of aromatic nitrogens is 1. The third-order valence-corrected chi connectivity index (χ3v) is 3.93. The van der Waals surface area contributed by atoms with Crippen LogP contribution in [0, 0.1) is 11.8 Å². The monoisotopic (exact) mass is 359 g/mol. The summed E-state index contributed by atoms with van der Waals surface area (Å²) in [5.41, 5.74) is 1.72. The molecule has 1 fully saturated rings. The second-order valence-electron chi connectivity index (χ2n) is 8.82. The van der Waals surface area contributed by atoms with Crippen molar-refractivity contribution in [3.63, 3.8) is 0 Å². The molecule has 4 heteroatoms. The molecule has 0 aromatic carbocycles. The summed E-state index contributed by atoms with van der Waals surface area (Å²) in [5.74, 6) is 6.03. The van der Waals surface area contributed by atoms with Crippen molar-refractivity contribution in [1.82, 2.24) is 4.98 Å².